The number of Topliss-reactive ketones (excluding diaryl/α,β-unsaturated/α-hetero) is 1. The van der Waals surface area contributed by atoms with Gasteiger partial charge in [-0.15, -0.1) is 0 Å². The summed E-state index contributed by atoms with van der Waals surface area (Å²) < 4.78 is 30.3. The van der Waals surface area contributed by atoms with Crippen molar-refractivity contribution in [2.45, 2.75) is 36.0 Å². The molecule has 0 bridgehead atoms. The first-order valence-electron chi connectivity index (χ1n) is 15.2. The number of carboxylic acid groups (broad SMARTS) is 1. The molecule has 0 amide bonds. The fourth-order valence-electron chi connectivity index (χ4n) is 6.32. The summed E-state index contributed by atoms with van der Waals surface area (Å²) in [7, 11) is -3.39. The summed E-state index contributed by atoms with van der Waals surface area (Å²) in [6, 6.07) is 33.7. The van der Waals surface area contributed by atoms with Gasteiger partial charge in [-0.2, -0.15) is 0 Å². The summed E-state index contributed by atoms with van der Waals surface area (Å²) >= 11 is 0. The minimum Gasteiger partial charge on any atom is -0.481 e. The van der Waals surface area contributed by atoms with Crippen LogP contribution >= 0.6 is 0 Å². The van der Waals surface area contributed by atoms with E-state index < -0.39 is 27.1 Å². The quantitative estimate of drug-likeness (QED) is 0.161. The Labute approximate surface area is 268 Å². The van der Waals surface area contributed by atoms with Crippen LogP contribution < -0.4 is 0 Å². The van der Waals surface area contributed by atoms with Crippen LogP contribution in [0.1, 0.15) is 40.9 Å². The second-order valence-corrected chi connectivity index (χ2v) is 13.9. The van der Waals surface area contributed by atoms with E-state index in [2.05, 4.69) is 6.08 Å². The number of benzene rings is 4. The number of hydrogen-bond acceptors (Lipinski definition) is 5. The minimum atomic E-state index is -3.39. The molecule has 1 N–H and O–H groups in total. The number of ketones is 1. The van der Waals surface area contributed by atoms with Crippen molar-refractivity contribution in [1.29, 1.82) is 0 Å². The normalized spacial score (nSPS) is 17.0. The van der Waals surface area contributed by atoms with Gasteiger partial charge in [0.15, 0.2) is 9.84 Å². The van der Waals surface area contributed by atoms with Crippen LogP contribution in [0, 0.1) is 5.92 Å². The van der Waals surface area contributed by atoms with Gasteiger partial charge >= 0.3 is 5.97 Å². The molecule has 0 aliphatic heterocycles. The molecule has 6 nitrogen and oxygen atoms in total. The van der Waals surface area contributed by atoms with Gasteiger partial charge in [0.05, 0.1) is 16.2 Å². The lowest BCUT2D eigenvalue weighted by atomic mass is 9.67. The molecule has 1 aliphatic rings. The van der Waals surface area contributed by atoms with Gasteiger partial charge in [0, 0.05) is 30.0 Å². The summed E-state index contributed by atoms with van der Waals surface area (Å²) in [4.78, 5) is 27.5. The van der Waals surface area contributed by atoms with Crippen molar-refractivity contribution in [2.75, 3.05) is 6.26 Å². The number of rotatable bonds is 11. The fourth-order valence-corrected chi connectivity index (χ4v) is 6.95. The first kappa shape index (κ1) is 31.0. The Kier molecular flexibility index (Phi) is 8.61. The van der Waals surface area contributed by atoms with Gasteiger partial charge in [0.1, 0.15) is 17.1 Å². The van der Waals surface area contributed by atoms with Crippen molar-refractivity contribution < 1.29 is 27.5 Å². The van der Waals surface area contributed by atoms with Crippen LogP contribution in [-0.2, 0) is 37.7 Å². The molecule has 0 fully saturated rings. The van der Waals surface area contributed by atoms with Crippen molar-refractivity contribution >= 4 is 38.1 Å². The van der Waals surface area contributed by atoms with Crippen molar-refractivity contribution in [3.63, 3.8) is 0 Å². The van der Waals surface area contributed by atoms with E-state index in [-0.39, 0.29) is 23.5 Å². The summed E-state index contributed by atoms with van der Waals surface area (Å²) in [5, 5.41) is 11.1. The van der Waals surface area contributed by atoms with E-state index >= 15 is 0 Å². The molecule has 46 heavy (non-hydrogen) atoms. The largest absolute Gasteiger partial charge is 0.481 e. The van der Waals surface area contributed by atoms with Gasteiger partial charge in [0.25, 0.3) is 0 Å². The monoisotopic (exact) mass is 630 g/mol. The lowest BCUT2D eigenvalue weighted by Crippen LogP contribution is -2.38. The SMILES string of the molecule is CS(=O)(=O)c1ccc(CC(CC(=O)C2(c3c(Cc4ccccc4)oc4ccccc34)C=CC(c3ccccc3)=CC2)C(=O)O)cc1. The van der Waals surface area contributed by atoms with Gasteiger partial charge in [-0.3, -0.25) is 9.59 Å². The average molecular weight is 631 g/mol. The van der Waals surface area contributed by atoms with Gasteiger partial charge in [-0.25, -0.2) is 8.42 Å². The number of furan rings is 1. The number of hydrogen-bond donors (Lipinski definition) is 1. The highest BCUT2D eigenvalue weighted by Crippen LogP contribution is 2.45. The average Bonchev–Trinajstić information content (AvgIpc) is 3.43. The fraction of sp³-hybridized carbons (Fsp3) is 0.179. The van der Waals surface area contributed by atoms with Crippen molar-refractivity contribution in [2.24, 2.45) is 5.92 Å². The van der Waals surface area contributed by atoms with Crippen LogP contribution in [0.4, 0.5) is 0 Å². The van der Waals surface area contributed by atoms with E-state index in [9.17, 15) is 23.1 Å². The molecule has 5 aromatic rings. The maximum Gasteiger partial charge on any atom is 0.307 e. The highest BCUT2D eigenvalue weighted by atomic mass is 32.2. The maximum atomic E-state index is 14.7. The van der Waals surface area contributed by atoms with Crippen molar-refractivity contribution in [3.05, 3.63) is 155 Å². The van der Waals surface area contributed by atoms with Crippen LogP contribution in [0.15, 0.2) is 137 Å². The number of sulfone groups is 1. The first-order chi connectivity index (χ1) is 22.1. The second-order valence-electron chi connectivity index (χ2n) is 11.9. The van der Waals surface area contributed by atoms with E-state index in [1.54, 1.807) is 12.1 Å². The predicted octanol–water partition coefficient (Wildman–Crippen LogP) is 7.61. The summed E-state index contributed by atoms with van der Waals surface area (Å²) in [6.45, 7) is 0. The molecule has 1 heterocycles. The summed E-state index contributed by atoms with van der Waals surface area (Å²) in [5.74, 6) is -1.65. The zero-order chi connectivity index (χ0) is 32.3. The number of carboxylic acids is 1. The second kappa shape index (κ2) is 12.8. The molecule has 0 saturated heterocycles. The lowest BCUT2D eigenvalue weighted by molar-refractivity contribution is -0.144. The zero-order valence-corrected chi connectivity index (χ0v) is 26.2. The zero-order valence-electron chi connectivity index (χ0n) is 25.4. The van der Waals surface area contributed by atoms with Crippen molar-refractivity contribution in [3.8, 4) is 0 Å². The molecule has 232 valence electrons. The van der Waals surface area contributed by atoms with Crippen LogP contribution in [-0.4, -0.2) is 31.5 Å². The van der Waals surface area contributed by atoms with E-state index in [0.717, 1.165) is 33.9 Å². The Bertz CT molecular complexity index is 2060. The molecule has 1 aromatic heterocycles. The van der Waals surface area contributed by atoms with E-state index in [1.807, 2.05) is 97.1 Å². The van der Waals surface area contributed by atoms with Crippen LogP contribution in [0.2, 0.25) is 0 Å². The number of fused-ring (bicyclic) bond motifs is 1. The smallest absolute Gasteiger partial charge is 0.307 e. The molecule has 2 unspecified atom stereocenters. The third kappa shape index (κ3) is 6.37. The molecule has 2 atom stereocenters. The molecule has 6 rings (SSSR count). The molecule has 0 radical (unpaired) electrons. The Morgan fingerprint density at radius 2 is 1.50 bits per heavy atom. The third-order valence-corrected chi connectivity index (χ3v) is 9.86. The highest BCUT2D eigenvalue weighted by molar-refractivity contribution is 7.90. The lowest BCUT2D eigenvalue weighted by Gasteiger charge is -2.33. The molecule has 7 heteroatoms. The molecule has 0 spiro atoms. The number of carbonyl (C=O) groups excluding carboxylic acids is 1. The Balaban J connectivity index is 1.42. The number of para-hydroxylation sites is 1. The van der Waals surface area contributed by atoms with Crippen LogP contribution in [0.5, 0.6) is 0 Å². The Hall–Kier alpha value is -5.01. The van der Waals surface area contributed by atoms with E-state index in [0.29, 0.717) is 29.7 Å². The van der Waals surface area contributed by atoms with E-state index in [1.165, 1.54) is 12.1 Å². The molecular weight excluding hydrogens is 596 g/mol. The standard InChI is InChI=1S/C39H34O6S/c1-46(43,44)32-18-16-28(17-19-32)24-31(38(41)42)26-36(40)39(22-20-30(21-23-39)29-12-6-3-7-13-29)37-33-14-8-9-15-34(33)45-35(37)25-27-10-4-2-5-11-27/h2-22,31H,23-26H2,1H3,(H,41,42). The summed E-state index contributed by atoms with van der Waals surface area (Å²) in [5.41, 5.74) is 3.96. The molecule has 0 saturated carbocycles. The highest BCUT2D eigenvalue weighted by Gasteiger charge is 2.44. The third-order valence-electron chi connectivity index (χ3n) is 8.73. The van der Waals surface area contributed by atoms with Crippen LogP contribution in [0.25, 0.3) is 16.5 Å². The molecular formula is C39H34O6S. The van der Waals surface area contributed by atoms with Crippen molar-refractivity contribution in [1.82, 2.24) is 0 Å². The van der Waals surface area contributed by atoms with Gasteiger partial charge in [-0.05, 0) is 53.3 Å². The maximum absolute atomic E-state index is 14.7. The van der Waals surface area contributed by atoms with E-state index in [4.69, 9.17) is 4.42 Å². The predicted molar refractivity (Wildman–Crippen MR) is 179 cm³/mol. The number of aliphatic carboxylic acids is 1. The topological polar surface area (TPSA) is 102 Å². The number of carbonyl (C=O) groups is 2. The molecule has 1 aliphatic carbocycles. The van der Waals surface area contributed by atoms with Gasteiger partial charge < -0.3 is 9.52 Å². The van der Waals surface area contributed by atoms with Gasteiger partial charge in [0.2, 0.25) is 0 Å². The molecule has 4 aromatic carbocycles. The minimum absolute atomic E-state index is 0.0824. The number of allylic oxidation sites excluding steroid dienone is 4. The summed E-state index contributed by atoms with van der Waals surface area (Å²) in [6.07, 6.45) is 7.76. The first-order valence-corrected chi connectivity index (χ1v) is 17.1. The Morgan fingerprint density at radius 3 is 2.13 bits per heavy atom. The van der Waals surface area contributed by atoms with Crippen LogP contribution in [0.3, 0.4) is 0 Å². The van der Waals surface area contributed by atoms with Gasteiger partial charge in [-0.1, -0.05) is 109 Å². The Morgan fingerprint density at radius 1 is 0.848 bits per heavy atom.